The first-order valence-corrected chi connectivity index (χ1v) is 10.8. The highest BCUT2D eigenvalue weighted by Gasteiger charge is 2.60. The van der Waals surface area contributed by atoms with Crippen molar-refractivity contribution in [2.45, 2.75) is 18.6 Å². The van der Waals surface area contributed by atoms with E-state index in [1.165, 1.54) is 24.7 Å². The minimum atomic E-state index is -5.81. The van der Waals surface area contributed by atoms with Crippen LogP contribution in [0.5, 0.6) is 5.75 Å². The third kappa shape index (κ3) is 5.67. The first-order valence-electron chi connectivity index (χ1n) is 10.8. The zero-order valence-corrected chi connectivity index (χ0v) is 18.6. The number of aromatic nitrogens is 3. The lowest BCUT2D eigenvalue weighted by atomic mass is 10.0. The number of anilines is 2. The monoisotopic (exact) mass is 508 g/mol. The lowest BCUT2D eigenvalue weighted by molar-refractivity contribution is -0.289. The van der Waals surface area contributed by atoms with Crippen LogP contribution in [0.15, 0.2) is 55.1 Å². The predicted octanol–water partition coefficient (Wildman–Crippen LogP) is 3.99. The summed E-state index contributed by atoms with van der Waals surface area (Å²) in [5, 5.41) is 8.45. The van der Waals surface area contributed by atoms with Gasteiger partial charge in [0.05, 0.1) is 30.0 Å². The van der Waals surface area contributed by atoms with Gasteiger partial charge in [-0.2, -0.15) is 22.0 Å². The Morgan fingerprint density at radius 1 is 1.08 bits per heavy atom. The molecule has 0 aliphatic carbocycles. The molecule has 0 radical (unpaired) electrons. The zero-order chi connectivity index (χ0) is 25.8. The molecule has 0 unspecified atom stereocenters. The number of hydrogen-bond acceptors (Lipinski definition) is 7. The van der Waals surface area contributed by atoms with Gasteiger partial charge in [0.15, 0.2) is 0 Å². The smallest absolute Gasteiger partial charge is 0.458 e. The molecule has 4 rings (SSSR count). The Kier molecular flexibility index (Phi) is 7.29. The SMILES string of the molecule is O=C(Nc1ccc(C(F)(F)C(F)(F)F)c(OCC2CNC2)c1)c1cccnc1NCc1ccncn1. The number of alkyl halides is 5. The maximum atomic E-state index is 14.2. The van der Waals surface area contributed by atoms with Gasteiger partial charge < -0.3 is 20.7 Å². The maximum Gasteiger partial charge on any atom is 0.458 e. The summed E-state index contributed by atoms with van der Waals surface area (Å²) in [4.78, 5) is 25.0. The van der Waals surface area contributed by atoms with Crippen LogP contribution in [0.25, 0.3) is 0 Å². The van der Waals surface area contributed by atoms with Crippen molar-refractivity contribution in [3.05, 3.63) is 71.9 Å². The Hall–Kier alpha value is -3.87. The topological polar surface area (TPSA) is 101 Å². The number of amides is 1. The minimum Gasteiger partial charge on any atom is -0.493 e. The number of ether oxygens (including phenoxy) is 1. The first-order chi connectivity index (χ1) is 17.1. The molecule has 0 bridgehead atoms. The number of carbonyl (C=O) groups excluding carboxylic acids is 1. The molecule has 3 aromatic rings. The number of benzene rings is 1. The van der Waals surface area contributed by atoms with Crippen LogP contribution in [0.2, 0.25) is 0 Å². The van der Waals surface area contributed by atoms with E-state index in [4.69, 9.17) is 4.74 Å². The number of nitrogens with one attached hydrogen (secondary N) is 3. The molecule has 8 nitrogen and oxygen atoms in total. The fourth-order valence-corrected chi connectivity index (χ4v) is 3.33. The second-order valence-corrected chi connectivity index (χ2v) is 8.03. The summed E-state index contributed by atoms with van der Waals surface area (Å²) < 4.78 is 72.8. The van der Waals surface area contributed by atoms with Crippen LogP contribution in [-0.2, 0) is 12.5 Å². The normalized spacial score (nSPS) is 14.1. The Bertz CT molecular complexity index is 1210. The quantitative estimate of drug-likeness (QED) is 0.376. The summed E-state index contributed by atoms with van der Waals surface area (Å²) >= 11 is 0. The van der Waals surface area contributed by atoms with E-state index in [0.717, 1.165) is 12.1 Å². The Balaban J connectivity index is 1.55. The lowest BCUT2D eigenvalue weighted by Crippen LogP contribution is -2.45. The van der Waals surface area contributed by atoms with E-state index in [9.17, 15) is 26.7 Å². The molecular weight excluding hydrogens is 487 g/mol. The molecule has 1 aliphatic heterocycles. The summed E-state index contributed by atoms with van der Waals surface area (Å²) in [6.45, 7) is 1.32. The molecule has 1 fully saturated rings. The van der Waals surface area contributed by atoms with Gasteiger partial charge in [0.25, 0.3) is 5.91 Å². The van der Waals surface area contributed by atoms with Crippen LogP contribution in [0, 0.1) is 5.92 Å². The average Bonchev–Trinajstić information content (AvgIpc) is 2.82. The Labute approximate surface area is 202 Å². The van der Waals surface area contributed by atoms with Gasteiger partial charge in [0.1, 0.15) is 17.9 Å². The van der Waals surface area contributed by atoms with Gasteiger partial charge in [0.2, 0.25) is 0 Å². The largest absolute Gasteiger partial charge is 0.493 e. The Morgan fingerprint density at radius 2 is 1.89 bits per heavy atom. The van der Waals surface area contributed by atoms with Gasteiger partial charge in [-0.1, -0.05) is 0 Å². The molecule has 0 saturated carbocycles. The van der Waals surface area contributed by atoms with E-state index in [-0.39, 0.29) is 36.1 Å². The third-order valence-corrected chi connectivity index (χ3v) is 5.41. The van der Waals surface area contributed by atoms with Crippen molar-refractivity contribution in [3.63, 3.8) is 0 Å². The maximum absolute atomic E-state index is 14.2. The van der Waals surface area contributed by atoms with Crippen LogP contribution >= 0.6 is 0 Å². The van der Waals surface area contributed by atoms with Crippen molar-refractivity contribution in [1.82, 2.24) is 20.3 Å². The van der Waals surface area contributed by atoms with Gasteiger partial charge in [-0.15, -0.1) is 0 Å². The fourth-order valence-electron chi connectivity index (χ4n) is 3.33. The van der Waals surface area contributed by atoms with Crippen molar-refractivity contribution in [2.75, 3.05) is 30.3 Å². The van der Waals surface area contributed by atoms with Crippen LogP contribution in [-0.4, -0.2) is 46.7 Å². The van der Waals surface area contributed by atoms with Gasteiger partial charge in [0, 0.05) is 43.2 Å². The summed E-state index contributed by atoms with van der Waals surface area (Å²) in [6.07, 6.45) is -1.42. The molecule has 2 aromatic heterocycles. The summed E-state index contributed by atoms with van der Waals surface area (Å²) in [5.41, 5.74) is -0.575. The molecule has 3 N–H and O–H groups in total. The van der Waals surface area contributed by atoms with Gasteiger partial charge >= 0.3 is 12.1 Å². The summed E-state index contributed by atoms with van der Waals surface area (Å²) in [7, 11) is 0. The third-order valence-electron chi connectivity index (χ3n) is 5.41. The highest BCUT2D eigenvalue weighted by molar-refractivity contribution is 6.07. The molecule has 0 atom stereocenters. The molecule has 3 heterocycles. The first kappa shape index (κ1) is 25.2. The number of carbonyl (C=O) groups is 1. The highest BCUT2D eigenvalue weighted by Crippen LogP contribution is 2.47. The fraction of sp³-hybridized carbons (Fsp3) is 0.304. The number of pyridine rings is 1. The molecule has 190 valence electrons. The predicted molar refractivity (Wildman–Crippen MR) is 120 cm³/mol. The molecule has 1 aliphatic rings. The lowest BCUT2D eigenvalue weighted by Gasteiger charge is -2.28. The van der Waals surface area contributed by atoms with Crippen LogP contribution in [0.3, 0.4) is 0 Å². The van der Waals surface area contributed by atoms with E-state index in [1.807, 2.05) is 0 Å². The molecule has 0 spiro atoms. The average molecular weight is 508 g/mol. The second-order valence-electron chi connectivity index (χ2n) is 8.03. The van der Waals surface area contributed by atoms with Crippen molar-refractivity contribution in [2.24, 2.45) is 5.92 Å². The second kappa shape index (κ2) is 10.4. The van der Waals surface area contributed by atoms with Crippen molar-refractivity contribution in [1.29, 1.82) is 0 Å². The van der Waals surface area contributed by atoms with Gasteiger partial charge in [-0.25, -0.2) is 15.0 Å². The number of nitrogens with zero attached hydrogens (tertiary/aromatic N) is 3. The highest BCUT2D eigenvalue weighted by atomic mass is 19.4. The molecule has 1 amide bonds. The van der Waals surface area contributed by atoms with E-state index < -0.39 is 29.3 Å². The molecule has 36 heavy (non-hydrogen) atoms. The van der Waals surface area contributed by atoms with E-state index in [2.05, 4.69) is 30.9 Å². The van der Waals surface area contributed by atoms with Crippen LogP contribution < -0.4 is 20.7 Å². The zero-order valence-electron chi connectivity index (χ0n) is 18.6. The van der Waals surface area contributed by atoms with Crippen molar-refractivity contribution in [3.8, 4) is 5.75 Å². The van der Waals surface area contributed by atoms with E-state index in [0.29, 0.717) is 24.8 Å². The summed E-state index contributed by atoms with van der Waals surface area (Å²) in [5.74, 6) is -6.24. The molecule has 1 aromatic carbocycles. The van der Waals surface area contributed by atoms with E-state index >= 15 is 0 Å². The molecule has 13 heteroatoms. The number of hydrogen-bond donors (Lipinski definition) is 3. The number of rotatable bonds is 9. The molecule has 1 saturated heterocycles. The van der Waals surface area contributed by atoms with Crippen LogP contribution in [0.1, 0.15) is 21.6 Å². The minimum absolute atomic E-state index is 0.0190. The van der Waals surface area contributed by atoms with E-state index in [1.54, 1.807) is 12.3 Å². The van der Waals surface area contributed by atoms with Crippen molar-refractivity contribution >= 4 is 17.4 Å². The molecular formula is C23H21F5N6O2. The van der Waals surface area contributed by atoms with Gasteiger partial charge in [-0.3, -0.25) is 4.79 Å². The van der Waals surface area contributed by atoms with Crippen LogP contribution in [0.4, 0.5) is 33.5 Å². The van der Waals surface area contributed by atoms with Gasteiger partial charge in [-0.05, 0) is 30.3 Å². The van der Waals surface area contributed by atoms with Crippen molar-refractivity contribution < 1.29 is 31.5 Å². The number of halogens is 5. The summed E-state index contributed by atoms with van der Waals surface area (Å²) in [6, 6.07) is 7.22. The standard InChI is InChI=1S/C23H21F5N6O2/c24-22(25,23(26,27)28)18-4-3-15(8-19(18)36-12-14-9-30-10-14)34-21(35)17-2-1-6-31-20(17)32-11-16-5-7-29-13-33-16/h1-8,13-14,30H,9-12H2,(H,31,32)(H,34,35). The Morgan fingerprint density at radius 3 is 2.56 bits per heavy atom.